The smallest absolute Gasteiger partial charge is 0.330 e. The number of carboxylic acids is 1. The maximum atomic E-state index is 12.5. The van der Waals surface area contributed by atoms with Gasteiger partial charge in [-0.25, -0.2) is 4.79 Å². The second-order valence-electron chi connectivity index (χ2n) is 5.33. The first-order valence-electron chi connectivity index (χ1n) is 7.31. The Morgan fingerprint density at radius 1 is 1.26 bits per heavy atom. The van der Waals surface area contributed by atoms with Gasteiger partial charge in [0, 0.05) is 22.4 Å². The monoisotopic (exact) mass is 378 g/mol. The quantitative estimate of drug-likeness (QED) is 0.836. The molecule has 0 saturated carbocycles. The lowest BCUT2D eigenvalue weighted by Crippen LogP contribution is -2.34. The van der Waals surface area contributed by atoms with Crippen molar-refractivity contribution in [3.05, 3.63) is 57.3 Å². The van der Waals surface area contributed by atoms with E-state index in [9.17, 15) is 14.7 Å². The Labute approximate surface area is 143 Å². The third-order valence-corrected chi connectivity index (χ3v) is 4.39. The summed E-state index contributed by atoms with van der Waals surface area (Å²) in [5.74, 6) is -1.47. The molecule has 2 aromatic rings. The van der Waals surface area contributed by atoms with Crippen LogP contribution < -0.4 is 5.32 Å². The molecular formula is C17H19BrN2O3. The second kappa shape index (κ2) is 7.00. The van der Waals surface area contributed by atoms with E-state index in [2.05, 4.69) is 21.2 Å². The summed E-state index contributed by atoms with van der Waals surface area (Å²) in [4.78, 5) is 24.0. The van der Waals surface area contributed by atoms with Crippen LogP contribution in [-0.2, 0) is 11.3 Å². The van der Waals surface area contributed by atoms with E-state index in [1.54, 1.807) is 30.3 Å². The molecule has 0 aliphatic carbocycles. The molecule has 1 unspecified atom stereocenters. The number of aromatic nitrogens is 1. The van der Waals surface area contributed by atoms with Gasteiger partial charge in [-0.15, -0.1) is 0 Å². The van der Waals surface area contributed by atoms with Crippen LogP contribution in [0, 0.1) is 13.8 Å². The number of carbonyl (C=O) groups excluding carboxylic acids is 1. The molecule has 0 aliphatic rings. The Morgan fingerprint density at radius 2 is 1.87 bits per heavy atom. The first-order chi connectivity index (χ1) is 10.8. The van der Waals surface area contributed by atoms with Crippen LogP contribution in [-0.4, -0.2) is 21.6 Å². The highest BCUT2D eigenvalue weighted by atomic mass is 79.9. The van der Waals surface area contributed by atoms with Gasteiger partial charge in [-0.3, -0.25) is 4.79 Å². The standard InChI is InChI=1S/C17H19BrN2O3/c1-4-20-10(2)9-14(11(20)3)16(21)19-15(17(22)23)12-5-7-13(18)8-6-12/h5-9,15H,4H2,1-3H3,(H,19,21)(H,22,23). The molecule has 0 saturated heterocycles. The van der Waals surface area contributed by atoms with Gasteiger partial charge in [-0.05, 0) is 44.5 Å². The summed E-state index contributed by atoms with van der Waals surface area (Å²) in [6.45, 7) is 6.56. The van der Waals surface area contributed by atoms with Gasteiger partial charge in [0.05, 0.1) is 5.56 Å². The first-order valence-corrected chi connectivity index (χ1v) is 8.10. The number of amides is 1. The Balaban J connectivity index is 2.29. The molecule has 1 heterocycles. The maximum absolute atomic E-state index is 12.5. The molecule has 0 aliphatic heterocycles. The molecule has 2 N–H and O–H groups in total. The fraction of sp³-hybridized carbons (Fsp3) is 0.294. The van der Waals surface area contributed by atoms with Gasteiger partial charge in [0.2, 0.25) is 0 Å². The minimum Gasteiger partial charge on any atom is -0.479 e. The highest BCUT2D eigenvalue weighted by Gasteiger charge is 2.24. The molecule has 1 atom stereocenters. The largest absolute Gasteiger partial charge is 0.479 e. The molecule has 6 heteroatoms. The third kappa shape index (κ3) is 3.64. The number of carboxylic acid groups (broad SMARTS) is 1. The fourth-order valence-electron chi connectivity index (χ4n) is 2.67. The molecule has 1 aromatic heterocycles. The molecule has 0 bridgehead atoms. The molecule has 1 aromatic carbocycles. The number of benzene rings is 1. The van der Waals surface area contributed by atoms with Crippen LogP contribution in [0.15, 0.2) is 34.8 Å². The van der Waals surface area contributed by atoms with E-state index < -0.39 is 12.0 Å². The molecule has 5 nitrogen and oxygen atoms in total. The van der Waals surface area contributed by atoms with Crippen molar-refractivity contribution in [3.63, 3.8) is 0 Å². The van der Waals surface area contributed by atoms with Crippen LogP contribution in [0.4, 0.5) is 0 Å². The summed E-state index contributed by atoms with van der Waals surface area (Å²) in [6.07, 6.45) is 0. The van der Waals surface area contributed by atoms with Gasteiger partial charge >= 0.3 is 5.97 Å². The molecule has 1 amide bonds. The van der Waals surface area contributed by atoms with E-state index >= 15 is 0 Å². The molecule has 0 spiro atoms. The lowest BCUT2D eigenvalue weighted by molar-refractivity contribution is -0.139. The summed E-state index contributed by atoms with van der Waals surface area (Å²) >= 11 is 3.31. The summed E-state index contributed by atoms with van der Waals surface area (Å²) in [5.41, 5.74) is 2.85. The highest BCUT2D eigenvalue weighted by Crippen LogP contribution is 2.20. The van der Waals surface area contributed by atoms with E-state index in [0.717, 1.165) is 22.4 Å². The number of halogens is 1. The molecule has 2 rings (SSSR count). The highest BCUT2D eigenvalue weighted by molar-refractivity contribution is 9.10. The minimum absolute atomic E-state index is 0.381. The Hall–Kier alpha value is -2.08. The number of carbonyl (C=O) groups is 2. The predicted octanol–water partition coefficient (Wildman–Crippen LogP) is 3.44. The number of aryl methyl sites for hydroxylation is 1. The van der Waals surface area contributed by atoms with E-state index in [0.29, 0.717) is 11.1 Å². The SMILES string of the molecule is CCn1c(C)cc(C(=O)NC(C(=O)O)c2ccc(Br)cc2)c1C. The molecular weight excluding hydrogens is 360 g/mol. The van der Waals surface area contributed by atoms with Crippen molar-refractivity contribution in [2.24, 2.45) is 0 Å². The minimum atomic E-state index is -1.09. The number of hydrogen-bond donors (Lipinski definition) is 2. The first kappa shape index (κ1) is 17.3. The zero-order chi connectivity index (χ0) is 17.1. The van der Waals surface area contributed by atoms with Gasteiger partial charge in [-0.2, -0.15) is 0 Å². The van der Waals surface area contributed by atoms with Gasteiger partial charge < -0.3 is 15.0 Å². The van der Waals surface area contributed by atoms with Crippen molar-refractivity contribution in [1.82, 2.24) is 9.88 Å². The molecule has 0 fully saturated rings. The summed E-state index contributed by atoms with van der Waals surface area (Å²) < 4.78 is 2.87. The topological polar surface area (TPSA) is 71.3 Å². The van der Waals surface area contributed by atoms with E-state index in [-0.39, 0.29) is 5.91 Å². The maximum Gasteiger partial charge on any atom is 0.330 e. The van der Waals surface area contributed by atoms with Gasteiger partial charge in [-0.1, -0.05) is 28.1 Å². The number of hydrogen-bond acceptors (Lipinski definition) is 2. The predicted molar refractivity (Wildman–Crippen MR) is 91.6 cm³/mol. The van der Waals surface area contributed by atoms with E-state index in [4.69, 9.17) is 0 Å². The van der Waals surface area contributed by atoms with Crippen LogP contribution in [0.2, 0.25) is 0 Å². The summed E-state index contributed by atoms with van der Waals surface area (Å²) in [6, 6.07) is 7.56. The lowest BCUT2D eigenvalue weighted by Gasteiger charge is -2.15. The Kier molecular flexibility index (Phi) is 5.26. The third-order valence-electron chi connectivity index (χ3n) is 3.86. The Morgan fingerprint density at radius 3 is 2.35 bits per heavy atom. The zero-order valence-electron chi connectivity index (χ0n) is 13.3. The lowest BCUT2D eigenvalue weighted by atomic mass is 10.1. The van der Waals surface area contributed by atoms with Crippen LogP contribution >= 0.6 is 15.9 Å². The van der Waals surface area contributed by atoms with Gasteiger partial charge in [0.1, 0.15) is 0 Å². The average Bonchev–Trinajstić information content (AvgIpc) is 2.79. The second-order valence-corrected chi connectivity index (χ2v) is 6.24. The van der Waals surface area contributed by atoms with Crippen molar-refractivity contribution in [2.75, 3.05) is 0 Å². The van der Waals surface area contributed by atoms with Crippen LogP contribution in [0.3, 0.4) is 0 Å². The normalized spacial score (nSPS) is 12.0. The van der Waals surface area contributed by atoms with Gasteiger partial charge in [0.25, 0.3) is 5.91 Å². The van der Waals surface area contributed by atoms with Crippen LogP contribution in [0.1, 0.15) is 40.3 Å². The van der Waals surface area contributed by atoms with Crippen molar-refractivity contribution < 1.29 is 14.7 Å². The summed E-state index contributed by atoms with van der Waals surface area (Å²) in [5, 5.41) is 12.0. The number of nitrogens with one attached hydrogen (secondary N) is 1. The van der Waals surface area contributed by atoms with E-state index in [1.165, 1.54) is 0 Å². The van der Waals surface area contributed by atoms with Crippen LogP contribution in [0.5, 0.6) is 0 Å². The van der Waals surface area contributed by atoms with Crippen molar-refractivity contribution in [3.8, 4) is 0 Å². The van der Waals surface area contributed by atoms with Crippen molar-refractivity contribution >= 4 is 27.8 Å². The van der Waals surface area contributed by atoms with Crippen molar-refractivity contribution in [1.29, 1.82) is 0 Å². The van der Waals surface area contributed by atoms with Crippen LogP contribution in [0.25, 0.3) is 0 Å². The van der Waals surface area contributed by atoms with Crippen molar-refractivity contribution in [2.45, 2.75) is 33.4 Å². The fourth-order valence-corrected chi connectivity index (χ4v) is 2.93. The van der Waals surface area contributed by atoms with Gasteiger partial charge in [0.15, 0.2) is 6.04 Å². The molecule has 0 radical (unpaired) electrons. The number of rotatable bonds is 5. The number of aliphatic carboxylic acids is 1. The average molecular weight is 379 g/mol. The summed E-state index contributed by atoms with van der Waals surface area (Å²) in [7, 11) is 0. The van der Waals surface area contributed by atoms with E-state index in [1.807, 2.05) is 25.3 Å². The number of nitrogens with zero attached hydrogens (tertiary/aromatic N) is 1. The molecule has 23 heavy (non-hydrogen) atoms. The molecule has 122 valence electrons. The Bertz CT molecular complexity index is 735. The zero-order valence-corrected chi connectivity index (χ0v) is 14.8.